The van der Waals surface area contributed by atoms with Crippen LogP contribution >= 0.6 is 11.6 Å². The minimum Gasteiger partial charge on any atom is -0.495 e. The highest BCUT2D eigenvalue weighted by molar-refractivity contribution is 6.32. The molecule has 2 aromatic carbocycles. The lowest BCUT2D eigenvalue weighted by molar-refractivity contribution is -0.114. The summed E-state index contributed by atoms with van der Waals surface area (Å²) in [7, 11) is 1.56. The predicted molar refractivity (Wildman–Crippen MR) is 100 cm³/mol. The van der Waals surface area contributed by atoms with Crippen molar-refractivity contribution in [3.05, 3.63) is 53.1 Å². The highest BCUT2D eigenvalue weighted by atomic mass is 35.5. The molecule has 5 heteroatoms. The van der Waals surface area contributed by atoms with E-state index in [2.05, 4.69) is 31.4 Å². The van der Waals surface area contributed by atoms with Gasteiger partial charge in [0.1, 0.15) is 5.75 Å². The van der Waals surface area contributed by atoms with Gasteiger partial charge in [0.15, 0.2) is 0 Å². The maximum absolute atomic E-state index is 12.2. The van der Waals surface area contributed by atoms with Crippen molar-refractivity contribution in [1.29, 1.82) is 0 Å². The fraction of sp³-hybridized carbons (Fsp3) is 0.316. The fourth-order valence-electron chi connectivity index (χ4n) is 2.40. The number of carbonyl (C=O) groups excluding carboxylic acids is 1. The zero-order chi connectivity index (χ0) is 17.7. The first-order valence-electron chi connectivity index (χ1n) is 7.78. The number of benzene rings is 2. The van der Waals surface area contributed by atoms with Crippen LogP contribution in [-0.4, -0.2) is 19.6 Å². The van der Waals surface area contributed by atoms with Gasteiger partial charge in [0.25, 0.3) is 0 Å². The number of amides is 1. The molecular weight excluding hydrogens is 324 g/mol. The summed E-state index contributed by atoms with van der Waals surface area (Å²) in [6.45, 7) is 6.52. The standard InChI is InChI=1S/C19H23ClN2O2/c1-19(2,3)14-7-5-6-8-16(14)22-18(23)12-21-13-9-10-17(24-4)15(20)11-13/h5-11,21H,12H2,1-4H3,(H,22,23). The van der Waals surface area contributed by atoms with E-state index in [-0.39, 0.29) is 17.9 Å². The molecule has 0 aromatic heterocycles. The predicted octanol–water partition coefficient (Wildman–Crippen LogP) is 4.70. The van der Waals surface area contributed by atoms with E-state index in [0.717, 1.165) is 16.9 Å². The maximum atomic E-state index is 12.2. The number of ether oxygens (including phenoxy) is 1. The quantitative estimate of drug-likeness (QED) is 0.825. The molecule has 0 aliphatic carbocycles. The summed E-state index contributed by atoms with van der Waals surface area (Å²) in [6, 6.07) is 13.2. The zero-order valence-corrected chi connectivity index (χ0v) is 15.2. The largest absolute Gasteiger partial charge is 0.495 e. The van der Waals surface area contributed by atoms with Gasteiger partial charge >= 0.3 is 0 Å². The molecule has 0 radical (unpaired) electrons. The summed E-state index contributed by atoms with van der Waals surface area (Å²) < 4.78 is 5.11. The Morgan fingerprint density at radius 1 is 1.17 bits per heavy atom. The summed E-state index contributed by atoms with van der Waals surface area (Å²) in [5.74, 6) is 0.490. The minimum absolute atomic E-state index is 0.0409. The van der Waals surface area contributed by atoms with Gasteiger partial charge < -0.3 is 15.4 Å². The van der Waals surface area contributed by atoms with E-state index >= 15 is 0 Å². The average Bonchev–Trinajstić information content (AvgIpc) is 2.52. The molecule has 0 fully saturated rings. The third-order valence-corrected chi connectivity index (χ3v) is 3.91. The Hall–Kier alpha value is -2.20. The van der Waals surface area contributed by atoms with Gasteiger partial charge in [-0.25, -0.2) is 0 Å². The van der Waals surface area contributed by atoms with E-state index in [1.807, 2.05) is 30.3 Å². The number of anilines is 2. The lowest BCUT2D eigenvalue weighted by atomic mass is 9.86. The molecule has 4 nitrogen and oxygen atoms in total. The first-order valence-corrected chi connectivity index (χ1v) is 8.16. The summed E-state index contributed by atoms with van der Waals surface area (Å²) in [5, 5.41) is 6.53. The second-order valence-corrected chi connectivity index (χ2v) is 6.95. The molecule has 1 amide bonds. The van der Waals surface area contributed by atoms with Crippen LogP contribution in [0.25, 0.3) is 0 Å². The maximum Gasteiger partial charge on any atom is 0.243 e. The summed E-state index contributed by atoms with van der Waals surface area (Å²) >= 11 is 6.08. The molecule has 0 atom stereocenters. The summed E-state index contributed by atoms with van der Waals surface area (Å²) in [4.78, 5) is 12.2. The third-order valence-electron chi connectivity index (χ3n) is 3.61. The van der Waals surface area contributed by atoms with Crippen molar-refractivity contribution in [3.63, 3.8) is 0 Å². The van der Waals surface area contributed by atoms with Crippen molar-refractivity contribution in [2.45, 2.75) is 26.2 Å². The van der Waals surface area contributed by atoms with E-state index in [4.69, 9.17) is 16.3 Å². The van der Waals surface area contributed by atoms with Gasteiger partial charge in [-0.05, 0) is 35.2 Å². The molecule has 0 saturated heterocycles. The van der Waals surface area contributed by atoms with Crippen LogP contribution in [0.5, 0.6) is 5.75 Å². The highest BCUT2D eigenvalue weighted by Crippen LogP contribution is 2.29. The molecule has 0 heterocycles. The van der Waals surface area contributed by atoms with Crippen molar-refractivity contribution in [3.8, 4) is 5.75 Å². The van der Waals surface area contributed by atoms with Crippen LogP contribution in [-0.2, 0) is 10.2 Å². The topological polar surface area (TPSA) is 50.4 Å². The van der Waals surface area contributed by atoms with E-state index in [1.165, 1.54) is 0 Å². The second-order valence-electron chi connectivity index (χ2n) is 6.55. The fourth-order valence-corrected chi connectivity index (χ4v) is 2.66. The average molecular weight is 347 g/mol. The molecule has 2 aromatic rings. The van der Waals surface area contributed by atoms with Crippen LogP contribution in [0.3, 0.4) is 0 Å². The van der Waals surface area contributed by atoms with E-state index in [9.17, 15) is 4.79 Å². The number of carbonyl (C=O) groups is 1. The Balaban J connectivity index is 2.01. The number of hydrogen-bond donors (Lipinski definition) is 2. The van der Waals surface area contributed by atoms with Crippen molar-refractivity contribution in [2.75, 3.05) is 24.3 Å². The Kier molecular flexibility index (Phi) is 5.73. The van der Waals surface area contributed by atoms with Crippen LogP contribution in [0.15, 0.2) is 42.5 Å². The lowest BCUT2D eigenvalue weighted by Crippen LogP contribution is -2.24. The normalized spacial score (nSPS) is 11.0. The molecule has 0 spiro atoms. The molecule has 2 N–H and O–H groups in total. The van der Waals surface area contributed by atoms with Gasteiger partial charge in [0.2, 0.25) is 5.91 Å². The van der Waals surface area contributed by atoms with E-state index < -0.39 is 0 Å². The number of rotatable bonds is 5. The Morgan fingerprint density at radius 3 is 2.50 bits per heavy atom. The van der Waals surface area contributed by atoms with Crippen LogP contribution < -0.4 is 15.4 Å². The Bertz CT molecular complexity index is 724. The number of methoxy groups -OCH3 is 1. The Labute approximate surface area is 148 Å². The van der Waals surface area contributed by atoms with Gasteiger partial charge in [0, 0.05) is 11.4 Å². The minimum atomic E-state index is -0.112. The van der Waals surface area contributed by atoms with Crippen molar-refractivity contribution < 1.29 is 9.53 Å². The SMILES string of the molecule is COc1ccc(NCC(=O)Nc2ccccc2C(C)(C)C)cc1Cl. The van der Waals surface area contributed by atoms with E-state index in [1.54, 1.807) is 19.2 Å². The van der Waals surface area contributed by atoms with Gasteiger partial charge in [-0.1, -0.05) is 50.6 Å². The third kappa shape index (κ3) is 4.65. The molecule has 2 rings (SSSR count). The van der Waals surface area contributed by atoms with Crippen molar-refractivity contribution in [1.82, 2.24) is 0 Å². The first kappa shape index (κ1) is 18.1. The molecule has 0 aliphatic rings. The highest BCUT2D eigenvalue weighted by Gasteiger charge is 2.18. The van der Waals surface area contributed by atoms with Crippen LogP contribution in [0, 0.1) is 0 Å². The number of nitrogens with one attached hydrogen (secondary N) is 2. The number of hydrogen-bond acceptors (Lipinski definition) is 3. The van der Waals surface area contributed by atoms with Crippen LogP contribution in [0.1, 0.15) is 26.3 Å². The van der Waals surface area contributed by atoms with Gasteiger partial charge in [-0.15, -0.1) is 0 Å². The molecule has 0 saturated carbocycles. The molecule has 0 aliphatic heterocycles. The van der Waals surface area contributed by atoms with E-state index in [0.29, 0.717) is 10.8 Å². The van der Waals surface area contributed by atoms with Crippen LogP contribution in [0.4, 0.5) is 11.4 Å². The zero-order valence-electron chi connectivity index (χ0n) is 14.4. The summed E-state index contributed by atoms with van der Waals surface area (Å²) in [6.07, 6.45) is 0. The van der Waals surface area contributed by atoms with Gasteiger partial charge in [0.05, 0.1) is 18.7 Å². The van der Waals surface area contributed by atoms with Gasteiger partial charge in [-0.3, -0.25) is 4.79 Å². The smallest absolute Gasteiger partial charge is 0.243 e. The number of para-hydroxylation sites is 1. The monoisotopic (exact) mass is 346 g/mol. The number of halogens is 1. The molecular formula is C19H23ClN2O2. The lowest BCUT2D eigenvalue weighted by Gasteiger charge is -2.23. The van der Waals surface area contributed by atoms with Crippen molar-refractivity contribution in [2.24, 2.45) is 0 Å². The van der Waals surface area contributed by atoms with Crippen LogP contribution in [0.2, 0.25) is 5.02 Å². The first-order chi connectivity index (χ1) is 11.3. The van der Waals surface area contributed by atoms with Gasteiger partial charge in [-0.2, -0.15) is 0 Å². The second kappa shape index (κ2) is 7.58. The van der Waals surface area contributed by atoms with Crippen molar-refractivity contribution >= 4 is 28.9 Å². The molecule has 0 bridgehead atoms. The molecule has 24 heavy (non-hydrogen) atoms. The molecule has 0 unspecified atom stereocenters. The molecule has 128 valence electrons. The summed E-state index contributed by atoms with van der Waals surface area (Å²) in [5.41, 5.74) is 2.66. The Morgan fingerprint density at radius 2 is 1.88 bits per heavy atom.